The Hall–Kier alpha value is -2.54. The molecule has 0 bridgehead atoms. The molecule has 2 aromatic heterocycles. The Morgan fingerprint density at radius 3 is 2.62 bits per heavy atom. The van der Waals surface area contributed by atoms with E-state index in [1.54, 1.807) is 44.9 Å². The molecule has 1 amide bonds. The summed E-state index contributed by atoms with van der Waals surface area (Å²) >= 11 is 0. The van der Waals surface area contributed by atoms with Crippen LogP contribution >= 0.6 is 0 Å². The van der Waals surface area contributed by atoms with Gasteiger partial charge in [0.15, 0.2) is 0 Å². The minimum absolute atomic E-state index is 0.0811. The molecule has 0 radical (unpaired) electrons. The van der Waals surface area contributed by atoms with E-state index >= 15 is 0 Å². The lowest BCUT2D eigenvalue weighted by Crippen LogP contribution is -2.33. The summed E-state index contributed by atoms with van der Waals surface area (Å²) in [7, 11) is 5.48. The van der Waals surface area contributed by atoms with Gasteiger partial charge in [-0.2, -0.15) is 0 Å². The number of pyridine rings is 1. The number of carbonyl (C=O) groups is 1. The van der Waals surface area contributed by atoms with Gasteiger partial charge in [0, 0.05) is 51.7 Å². The monoisotopic (exact) mass is 326 g/mol. The molecule has 24 heavy (non-hydrogen) atoms. The van der Waals surface area contributed by atoms with Gasteiger partial charge in [-0.3, -0.25) is 14.8 Å². The number of anilines is 1. The van der Waals surface area contributed by atoms with Crippen molar-refractivity contribution >= 4 is 11.7 Å². The number of aromatic nitrogens is 3. The van der Waals surface area contributed by atoms with Gasteiger partial charge in [0.2, 0.25) is 0 Å². The fourth-order valence-corrected chi connectivity index (χ4v) is 2.76. The highest BCUT2D eigenvalue weighted by Gasteiger charge is 2.20. The molecule has 0 saturated carbocycles. The van der Waals surface area contributed by atoms with Crippen LogP contribution in [0.4, 0.5) is 5.82 Å². The number of carbonyl (C=O) groups excluding carboxylic acids is 1. The van der Waals surface area contributed by atoms with Crippen molar-refractivity contribution in [3.8, 4) is 11.3 Å². The van der Waals surface area contributed by atoms with E-state index in [4.69, 9.17) is 0 Å². The first kappa shape index (κ1) is 16.3. The van der Waals surface area contributed by atoms with Gasteiger partial charge in [-0.05, 0) is 19.0 Å². The molecule has 0 aliphatic carbocycles. The van der Waals surface area contributed by atoms with Crippen LogP contribution in [0.5, 0.6) is 0 Å². The summed E-state index contributed by atoms with van der Waals surface area (Å²) in [5, 5.41) is 3.35. The zero-order valence-corrected chi connectivity index (χ0v) is 14.2. The molecule has 1 aliphatic rings. The molecule has 1 unspecified atom stereocenters. The summed E-state index contributed by atoms with van der Waals surface area (Å²) in [6.45, 7) is 2.01. The summed E-state index contributed by atoms with van der Waals surface area (Å²) in [4.78, 5) is 28.9. The van der Waals surface area contributed by atoms with Crippen molar-refractivity contribution in [1.82, 2.24) is 25.2 Å². The zero-order valence-electron chi connectivity index (χ0n) is 14.2. The second-order valence-electron chi connectivity index (χ2n) is 6.18. The molecule has 1 N–H and O–H groups in total. The largest absolute Gasteiger partial charge is 0.354 e. The molecule has 3 heterocycles. The Kier molecular flexibility index (Phi) is 4.71. The van der Waals surface area contributed by atoms with Gasteiger partial charge in [0.25, 0.3) is 5.91 Å². The van der Waals surface area contributed by atoms with Crippen LogP contribution in [-0.4, -0.2) is 66.0 Å². The fraction of sp³-hybridized carbons (Fsp3) is 0.412. The predicted molar refractivity (Wildman–Crippen MR) is 93.0 cm³/mol. The Bertz CT molecular complexity index is 709. The topological polar surface area (TPSA) is 74.2 Å². The summed E-state index contributed by atoms with van der Waals surface area (Å²) in [5.74, 6) is 0.767. The van der Waals surface area contributed by atoms with Gasteiger partial charge < -0.3 is 15.1 Å². The lowest BCUT2D eigenvalue weighted by atomic mass is 10.1. The minimum atomic E-state index is -0.0811. The molecular weight excluding hydrogens is 304 g/mol. The molecule has 1 atom stereocenters. The summed E-state index contributed by atoms with van der Waals surface area (Å²) in [6, 6.07) is 2.25. The third-order valence-electron chi connectivity index (χ3n) is 4.27. The quantitative estimate of drug-likeness (QED) is 0.905. The number of hydrogen-bond donors (Lipinski definition) is 1. The van der Waals surface area contributed by atoms with Crippen molar-refractivity contribution in [2.75, 3.05) is 39.1 Å². The van der Waals surface area contributed by atoms with Gasteiger partial charge in [0.1, 0.15) is 5.82 Å². The van der Waals surface area contributed by atoms with Crippen molar-refractivity contribution in [1.29, 1.82) is 0 Å². The van der Waals surface area contributed by atoms with Crippen LogP contribution in [0.25, 0.3) is 11.3 Å². The van der Waals surface area contributed by atoms with Gasteiger partial charge >= 0.3 is 0 Å². The van der Waals surface area contributed by atoms with Crippen molar-refractivity contribution in [3.63, 3.8) is 0 Å². The summed E-state index contributed by atoms with van der Waals surface area (Å²) in [6.07, 6.45) is 7.87. The highest BCUT2D eigenvalue weighted by Crippen LogP contribution is 2.20. The average Bonchev–Trinajstić information content (AvgIpc) is 3.15. The maximum absolute atomic E-state index is 12.1. The first-order valence-corrected chi connectivity index (χ1v) is 7.99. The number of nitrogens with zero attached hydrogens (tertiary/aromatic N) is 5. The highest BCUT2D eigenvalue weighted by atomic mass is 16.2. The summed E-state index contributed by atoms with van der Waals surface area (Å²) < 4.78 is 0. The van der Waals surface area contributed by atoms with E-state index in [9.17, 15) is 4.79 Å². The van der Waals surface area contributed by atoms with Gasteiger partial charge in [-0.15, -0.1) is 0 Å². The molecule has 1 saturated heterocycles. The van der Waals surface area contributed by atoms with Crippen LogP contribution in [0.1, 0.15) is 16.8 Å². The van der Waals surface area contributed by atoms with E-state index in [0.717, 1.165) is 30.9 Å². The Balaban J connectivity index is 1.80. The second-order valence-corrected chi connectivity index (χ2v) is 6.18. The van der Waals surface area contributed by atoms with Crippen molar-refractivity contribution < 1.29 is 4.79 Å². The lowest BCUT2D eigenvalue weighted by molar-refractivity contribution is 0.0827. The van der Waals surface area contributed by atoms with E-state index in [1.807, 2.05) is 7.05 Å². The molecule has 1 fully saturated rings. The molecule has 2 aromatic rings. The maximum atomic E-state index is 12.1. The van der Waals surface area contributed by atoms with E-state index < -0.39 is 0 Å². The number of amides is 1. The molecule has 0 spiro atoms. The number of rotatable bonds is 4. The minimum Gasteiger partial charge on any atom is -0.354 e. The van der Waals surface area contributed by atoms with Gasteiger partial charge in [0.05, 0.1) is 23.7 Å². The van der Waals surface area contributed by atoms with Crippen LogP contribution < -0.4 is 10.2 Å². The van der Waals surface area contributed by atoms with E-state index in [2.05, 4.69) is 25.2 Å². The van der Waals surface area contributed by atoms with Crippen molar-refractivity contribution in [3.05, 3.63) is 36.4 Å². The number of nitrogens with one attached hydrogen (secondary N) is 1. The predicted octanol–water partition coefficient (Wildman–Crippen LogP) is 1.04. The fourth-order valence-electron chi connectivity index (χ4n) is 2.76. The van der Waals surface area contributed by atoms with Crippen molar-refractivity contribution in [2.45, 2.75) is 12.5 Å². The smallest absolute Gasteiger partial charge is 0.254 e. The Morgan fingerprint density at radius 1 is 1.17 bits per heavy atom. The Morgan fingerprint density at radius 2 is 2.00 bits per heavy atom. The van der Waals surface area contributed by atoms with Crippen LogP contribution in [0, 0.1) is 0 Å². The van der Waals surface area contributed by atoms with Crippen LogP contribution in [0.15, 0.2) is 30.9 Å². The summed E-state index contributed by atoms with van der Waals surface area (Å²) in [5.41, 5.74) is 2.03. The first-order chi connectivity index (χ1) is 11.6. The SMILES string of the molecule is CN(C)C(=O)c1cncc(-c2cnc(N(C)C3CCNC3)cn2)c1. The number of hydrogen-bond acceptors (Lipinski definition) is 6. The molecule has 1 aliphatic heterocycles. The molecular formula is C17H22N6O. The lowest BCUT2D eigenvalue weighted by Gasteiger charge is -2.24. The third-order valence-corrected chi connectivity index (χ3v) is 4.27. The van der Waals surface area contributed by atoms with Crippen LogP contribution in [-0.2, 0) is 0 Å². The highest BCUT2D eigenvalue weighted by molar-refractivity contribution is 5.94. The van der Waals surface area contributed by atoms with Gasteiger partial charge in [-0.1, -0.05) is 0 Å². The standard InChI is InChI=1S/C17H22N6O/c1-22(2)17(24)13-6-12(7-19-8-13)15-10-21-16(11-20-15)23(3)14-4-5-18-9-14/h6-8,10-11,14,18H,4-5,9H2,1-3H3. The van der Waals surface area contributed by atoms with E-state index in [0.29, 0.717) is 17.3 Å². The molecule has 3 rings (SSSR count). The molecule has 126 valence electrons. The first-order valence-electron chi connectivity index (χ1n) is 7.99. The molecule has 0 aromatic carbocycles. The maximum Gasteiger partial charge on any atom is 0.254 e. The van der Waals surface area contributed by atoms with Crippen LogP contribution in [0.2, 0.25) is 0 Å². The normalized spacial score (nSPS) is 16.9. The zero-order chi connectivity index (χ0) is 17.1. The second kappa shape index (κ2) is 6.92. The van der Waals surface area contributed by atoms with Gasteiger partial charge in [-0.25, -0.2) is 4.98 Å². The van der Waals surface area contributed by atoms with Crippen LogP contribution in [0.3, 0.4) is 0 Å². The number of likely N-dealkylation sites (N-methyl/N-ethyl adjacent to an activating group) is 1. The molecule has 7 heteroatoms. The van der Waals surface area contributed by atoms with Crippen molar-refractivity contribution in [2.24, 2.45) is 0 Å². The molecule has 7 nitrogen and oxygen atoms in total. The van der Waals surface area contributed by atoms with E-state index in [1.165, 1.54) is 4.90 Å². The Labute approximate surface area is 141 Å². The van der Waals surface area contributed by atoms with E-state index in [-0.39, 0.29) is 5.91 Å². The third kappa shape index (κ3) is 3.35. The average molecular weight is 326 g/mol.